The second-order valence-corrected chi connectivity index (χ2v) is 10.8. The van der Waals surface area contributed by atoms with Crippen LogP contribution in [0.5, 0.6) is 5.75 Å². The van der Waals surface area contributed by atoms with Crippen LogP contribution in [-0.2, 0) is 4.79 Å². The van der Waals surface area contributed by atoms with Gasteiger partial charge in [-0.1, -0.05) is 42.3 Å². The van der Waals surface area contributed by atoms with Gasteiger partial charge in [-0.15, -0.1) is 0 Å². The first-order chi connectivity index (χ1) is 20.3. The van der Waals surface area contributed by atoms with Gasteiger partial charge in [0.05, 0.1) is 41.7 Å². The van der Waals surface area contributed by atoms with E-state index in [1.165, 1.54) is 24.2 Å². The lowest BCUT2D eigenvalue weighted by atomic mass is 10.2. The van der Waals surface area contributed by atoms with Gasteiger partial charge in [-0.25, -0.2) is 4.98 Å². The number of likely N-dealkylation sites (N-methyl/N-ethyl adjacent to an activating group) is 2. The van der Waals surface area contributed by atoms with Crippen molar-refractivity contribution in [3.05, 3.63) is 60.3 Å². The molecule has 11 nitrogen and oxygen atoms in total. The zero-order valence-electron chi connectivity index (χ0n) is 24.4. The lowest BCUT2D eigenvalue weighted by Gasteiger charge is -2.34. The second-order valence-electron chi connectivity index (χ2n) is 9.82. The number of benzene rings is 2. The van der Waals surface area contributed by atoms with Gasteiger partial charge in [0.25, 0.3) is 0 Å². The molecule has 13 heteroatoms. The largest absolute Gasteiger partial charge is 0.494 e. The summed E-state index contributed by atoms with van der Waals surface area (Å²) in [4.78, 5) is 28.3. The molecule has 0 atom stereocenters. The third-order valence-corrected chi connectivity index (χ3v) is 7.60. The van der Waals surface area contributed by atoms with Crippen molar-refractivity contribution in [2.45, 2.75) is 0 Å². The first kappa shape index (κ1) is 31.2. The minimum Gasteiger partial charge on any atom is -0.494 e. The van der Waals surface area contributed by atoms with Gasteiger partial charge in [-0.05, 0) is 31.3 Å². The molecule has 0 saturated carbocycles. The number of para-hydroxylation sites is 2. The predicted octanol–water partition coefficient (Wildman–Crippen LogP) is 5.12. The maximum atomic E-state index is 12.4. The summed E-state index contributed by atoms with van der Waals surface area (Å²) in [5, 5.41) is 9.81. The number of anilines is 7. The Labute approximate surface area is 256 Å². The molecule has 4 rings (SSSR count). The van der Waals surface area contributed by atoms with Crippen molar-refractivity contribution >= 4 is 69.7 Å². The molecule has 2 heterocycles. The summed E-state index contributed by atoms with van der Waals surface area (Å²) in [6.07, 6.45) is 4.72. The molecule has 0 spiro atoms. The first-order valence-electron chi connectivity index (χ1n) is 13.5. The molecule has 1 aromatic heterocycles. The number of methoxy groups -OCH3 is 1. The van der Waals surface area contributed by atoms with E-state index in [0.29, 0.717) is 33.9 Å². The van der Waals surface area contributed by atoms with E-state index < -0.39 is 0 Å². The van der Waals surface area contributed by atoms with Gasteiger partial charge in [-0.2, -0.15) is 4.98 Å². The average Bonchev–Trinajstić information content (AvgIpc) is 2.99. The Balaban J connectivity index is 1.58. The molecule has 3 aromatic rings. The SMILES string of the molecule is C=CC(=O)Nc1cc(Nc2ncc(Cl)c(Nc3ccccc3NSC)n2)c(OC)cc1N(C)CCN1CCN(C)CC1. The number of amides is 1. The van der Waals surface area contributed by atoms with Crippen LogP contribution in [0.15, 0.2) is 55.3 Å². The maximum absolute atomic E-state index is 12.4. The van der Waals surface area contributed by atoms with Crippen molar-refractivity contribution in [2.24, 2.45) is 0 Å². The molecule has 224 valence electrons. The standard InChI is InChI=1S/C29H38ClN9O2S/c1-6-27(40)32-23-17-24(26(41-4)18-25(23)38(3)13-16-39-14-11-37(2)12-15-39)34-29-31-19-20(30)28(35-29)33-21-9-7-8-10-22(21)36-42-5/h6-10,17-19,36H,1,11-16H2,2-5H3,(H,32,40)(H2,31,33,34,35). The molecule has 1 aliphatic heterocycles. The second kappa shape index (κ2) is 15.0. The number of hydrogen-bond acceptors (Lipinski definition) is 11. The number of carbonyl (C=O) groups is 1. The third kappa shape index (κ3) is 8.19. The zero-order chi connectivity index (χ0) is 30.1. The molecule has 0 unspecified atom stereocenters. The highest BCUT2D eigenvalue weighted by Gasteiger charge is 2.19. The molecular weight excluding hydrogens is 574 g/mol. The van der Waals surface area contributed by atoms with Crippen molar-refractivity contribution in [1.82, 2.24) is 19.8 Å². The normalized spacial score (nSPS) is 13.7. The molecule has 0 radical (unpaired) electrons. The van der Waals surface area contributed by atoms with E-state index in [1.807, 2.05) is 49.7 Å². The van der Waals surface area contributed by atoms with Gasteiger partial charge < -0.3 is 35.2 Å². The molecule has 1 aliphatic rings. The Kier molecular flexibility index (Phi) is 11.1. The third-order valence-electron chi connectivity index (χ3n) is 6.90. The number of ether oxygens (including phenoxy) is 1. The average molecular weight is 612 g/mol. The lowest BCUT2D eigenvalue weighted by Crippen LogP contribution is -2.46. The predicted molar refractivity (Wildman–Crippen MR) is 176 cm³/mol. The van der Waals surface area contributed by atoms with Crippen molar-refractivity contribution in [3.63, 3.8) is 0 Å². The fraction of sp³-hybridized carbons (Fsp3) is 0.345. The molecule has 1 fully saturated rings. The van der Waals surface area contributed by atoms with Gasteiger partial charge in [0.2, 0.25) is 11.9 Å². The smallest absolute Gasteiger partial charge is 0.247 e. The molecule has 0 aliphatic carbocycles. The number of nitrogens with one attached hydrogen (secondary N) is 4. The molecule has 1 amide bonds. The van der Waals surface area contributed by atoms with Gasteiger partial charge in [0.15, 0.2) is 5.82 Å². The first-order valence-corrected chi connectivity index (χ1v) is 15.1. The van der Waals surface area contributed by atoms with Crippen LogP contribution in [-0.4, -0.2) is 92.4 Å². The number of carbonyl (C=O) groups excluding carboxylic acids is 1. The highest BCUT2D eigenvalue weighted by molar-refractivity contribution is 7.99. The molecule has 4 N–H and O–H groups in total. The summed E-state index contributed by atoms with van der Waals surface area (Å²) in [6.45, 7) is 9.48. The fourth-order valence-corrected chi connectivity index (χ4v) is 5.01. The maximum Gasteiger partial charge on any atom is 0.247 e. The Hall–Kier alpha value is -3.71. The number of halogens is 1. The van der Waals surface area contributed by atoms with E-state index in [1.54, 1.807) is 7.11 Å². The number of hydrogen-bond donors (Lipinski definition) is 4. The van der Waals surface area contributed by atoms with E-state index in [2.05, 4.69) is 59.0 Å². The van der Waals surface area contributed by atoms with E-state index in [0.717, 1.165) is 56.3 Å². The van der Waals surface area contributed by atoms with Crippen LogP contribution in [0.2, 0.25) is 5.02 Å². The highest BCUT2D eigenvalue weighted by Crippen LogP contribution is 2.38. The fourth-order valence-electron chi connectivity index (χ4n) is 4.47. The minimum atomic E-state index is -0.313. The van der Waals surface area contributed by atoms with Gasteiger partial charge in [-0.3, -0.25) is 9.69 Å². The molecule has 1 saturated heterocycles. The van der Waals surface area contributed by atoms with E-state index in [-0.39, 0.29) is 5.91 Å². The Morgan fingerprint density at radius 1 is 1.14 bits per heavy atom. The van der Waals surface area contributed by atoms with Crippen LogP contribution in [0.3, 0.4) is 0 Å². The van der Waals surface area contributed by atoms with Crippen molar-refractivity contribution < 1.29 is 9.53 Å². The highest BCUT2D eigenvalue weighted by atomic mass is 35.5. The molecule has 2 aromatic carbocycles. The molecule has 0 bridgehead atoms. The summed E-state index contributed by atoms with van der Waals surface area (Å²) in [5.74, 6) is 0.985. The Morgan fingerprint density at radius 2 is 1.88 bits per heavy atom. The van der Waals surface area contributed by atoms with E-state index in [4.69, 9.17) is 16.3 Å². The van der Waals surface area contributed by atoms with Crippen LogP contribution >= 0.6 is 23.5 Å². The van der Waals surface area contributed by atoms with Crippen LogP contribution in [0, 0.1) is 0 Å². The summed E-state index contributed by atoms with van der Waals surface area (Å²) < 4.78 is 8.99. The zero-order valence-corrected chi connectivity index (χ0v) is 26.0. The van der Waals surface area contributed by atoms with Gasteiger partial charge >= 0.3 is 0 Å². The van der Waals surface area contributed by atoms with Crippen LogP contribution in [0.25, 0.3) is 0 Å². The van der Waals surface area contributed by atoms with E-state index in [9.17, 15) is 4.79 Å². The number of piperazine rings is 1. The molecule has 42 heavy (non-hydrogen) atoms. The van der Waals surface area contributed by atoms with Gasteiger partial charge in [0.1, 0.15) is 10.8 Å². The Bertz CT molecular complexity index is 1390. The van der Waals surface area contributed by atoms with E-state index >= 15 is 0 Å². The minimum absolute atomic E-state index is 0.299. The number of rotatable bonds is 13. The van der Waals surface area contributed by atoms with Crippen molar-refractivity contribution in [1.29, 1.82) is 0 Å². The van der Waals surface area contributed by atoms with Crippen molar-refractivity contribution in [2.75, 3.05) is 92.3 Å². The Morgan fingerprint density at radius 3 is 2.57 bits per heavy atom. The van der Waals surface area contributed by atoms with Crippen molar-refractivity contribution in [3.8, 4) is 5.75 Å². The number of aromatic nitrogens is 2. The summed E-state index contributed by atoms with van der Waals surface area (Å²) >= 11 is 7.94. The monoisotopic (exact) mass is 611 g/mol. The van der Waals surface area contributed by atoms with Crippen LogP contribution in [0.4, 0.5) is 40.2 Å². The number of nitrogens with zero attached hydrogens (tertiary/aromatic N) is 5. The van der Waals surface area contributed by atoms with Gasteiger partial charge in [0, 0.05) is 58.6 Å². The topological polar surface area (TPSA) is 110 Å². The van der Waals surface area contributed by atoms with Crippen LogP contribution in [0.1, 0.15) is 0 Å². The lowest BCUT2D eigenvalue weighted by molar-refractivity contribution is -0.111. The summed E-state index contributed by atoms with van der Waals surface area (Å²) in [5.41, 5.74) is 3.71. The molecular formula is C29H38ClN9O2S. The summed E-state index contributed by atoms with van der Waals surface area (Å²) in [7, 11) is 5.75. The quantitative estimate of drug-likeness (QED) is 0.153. The van der Waals surface area contributed by atoms with Crippen LogP contribution < -0.4 is 30.3 Å². The summed E-state index contributed by atoms with van der Waals surface area (Å²) in [6, 6.07) is 11.5.